The van der Waals surface area contributed by atoms with E-state index >= 15 is 0 Å². The van der Waals surface area contributed by atoms with Crippen molar-refractivity contribution in [1.29, 1.82) is 0 Å². The molecule has 2 N–H and O–H groups in total. The lowest BCUT2D eigenvalue weighted by molar-refractivity contribution is 0.101. The van der Waals surface area contributed by atoms with E-state index in [9.17, 15) is 4.79 Å². The number of carbonyl (C=O) groups excluding carboxylic acids is 1. The number of carbonyl (C=O) groups is 1. The Morgan fingerprint density at radius 3 is 2.87 bits per heavy atom. The van der Waals surface area contributed by atoms with Crippen molar-refractivity contribution in [2.75, 3.05) is 5.73 Å². The molecule has 76 valence electrons. The van der Waals surface area contributed by atoms with Crippen LogP contribution in [0.4, 0.5) is 6.01 Å². The third-order valence-electron chi connectivity index (χ3n) is 1.83. The molecule has 0 saturated carbocycles. The highest BCUT2D eigenvalue weighted by atomic mass is 79.9. The van der Waals surface area contributed by atoms with Crippen LogP contribution in [0.1, 0.15) is 16.1 Å². The minimum atomic E-state index is -0.236. The molecule has 4 nitrogen and oxygen atoms in total. The first-order valence-electron chi connectivity index (χ1n) is 4.18. The number of ketones is 1. The summed E-state index contributed by atoms with van der Waals surface area (Å²) in [7, 11) is 0. The van der Waals surface area contributed by atoms with E-state index in [0.29, 0.717) is 5.56 Å². The molecule has 0 radical (unpaired) electrons. The fourth-order valence-electron chi connectivity index (χ4n) is 1.16. The van der Waals surface area contributed by atoms with Gasteiger partial charge in [0, 0.05) is 10.0 Å². The van der Waals surface area contributed by atoms with Crippen LogP contribution in [0.5, 0.6) is 0 Å². The smallest absolute Gasteiger partial charge is 0.292 e. The van der Waals surface area contributed by atoms with Gasteiger partial charge in [-0.05, 0) is 12.1 Å². The number of nitrogens with zero attached hydrogens (tertiary/aromatic N) is 1. The van der Waals surface area contributed by atoms with Crippen molar-refractivity contribution < 1.29 is 9.21 Å². The van der Waals surface area contributed by atoms with Gasteiger partial charge in [0.25, 0.3) is 6.01 Å². The molecular formula is C10H7BrN2O2. The summed E-state index contributed by atoms with van der Waals surface area (Å²) in [5.74, 6) is -0.0916. The molecular weight excluding hydrogens is 260 g/mol. The molecule has 0 fully saturated rings. The number of hydrogen-bond donors (Lipinski definition) is 1. The quantitative estimate of drug-likeness (QED) is 0.847. The summed E-state index contributed by atoms with van der Waals surface area (Å²) in [6.07, 6.45) is 1.32. The lowest BCUT2D eigenvalue weighted by Gasteiger charge is -1.97. The second-order valence-corrected chi connectivity index (χ2v) is 3.82. The van der Waals surface area contributed by atoms with Crippen LogP contribution in [0.2, 0.25) is 0 Å². The molecule has 0 bridgehead atoms. The predicted octanol–water partition coefficient (Wildman–Crippen LogP) is 2.25. The zero-order chi connectivity index (χ0) is 10.8. The Morgan fingerprint density at radius 2 is 2.27 bits per heavy atom. The number of anilines is 1. The number of rotatable bonds is 2. The van der Waals surface area contributed by atoms with E-state index in [1.165, 1.54) is 6.20 Å². The number of benzene rings is 1. The number of aromatic nitrogens is 1. The van der Waals surface area contributed by atoms with Crippen LogP contribution in [-0.2, 0) is 0 Å². The number of hydrogen-bond acceptors (Lipinski definition) is 4. The summed E-state index contributed by atoms with van der Waals surface area (Å²) in [5, 5.41) is 0. The van der Waals surface area contributed by atoms with Gasteiger partial charge in [0.2, 0.25) is 5.78 Å². The highest BCUT2D eigenvalue weighted by Crippen LogP contribution is 2.16. The zero-order valence-electron chi connectivity index (χ0n) is 7.61. The third-order valence-corrected chi connectivity index (χ3v) is 2.33. The van der Waals surface area contributed by atoms with Gasteiger partial charge in [-0.1, -0.05) is 28.1 Å². The average molecular weight is 267 g/mol. The first-order valence-corrected chi connectivity index (χ1v) is 4.97. The molecule has 0 unspecified atom stereocenters. The Kier molecular flexibility index (Phi) is 2.55. The predicted molar refractivity (Wildman–Crippen MR) is 58.5 cm³/mol. The second kappa shape index (κ2) is 3.86. The van der Waals surface area contributed by atoms with Crippen LogP contribution < -0.4 is 5.73 Å². The molecule has 0 amide bonds. The lowest BCUT2D eigenvalue weighted by atomic mass is 10.1. The van der Waals surface area contributed by atoms with Gasteiger partial charge in [-0.3, -0.25) is 4.79 Å². The molecule has 0 aliphatic heterocycles. The van der Waals surface area contributed by atoms with Gasteiger partial charge in [-0.25, -0.2) is 4.98 Å². The fraction of sp³-hybridized carbons (Fsp3) is 0. The SMILES string of the molecule is Nc1ncc(C(=O)c2cccc(Br)c2)o1. The maximum Gasteiger partial charge on any atom is 0.292 e. The van der Waals surface area contributed by atoms with E-state index in [1.807, 2.05) is 6.07 Å². The molecule has 2 aromatic rings. The molecule has 5 heteroatoms. The number of halogens is 1. The molecule has 1 heterocycles. The van der Waals surface area contributed by atoms with Gasteiger partial charge in [-0.2, -0.15) is 0 Å². The van der Waals surface area contributed by atoms with Gasteiger partial charge in [0.05, 0.1) is 6.20 Å². The van der Waals surface area contributed by atoms with Gasteiger partial charge in [0.1, 0.15) is 0 Å². The highest BCUT2D eigenvalue weighted by molar-refractivity contribution is 9.10. The van der Waals surface area contributed by atoms with Gasteiger partial charge >= 0.3 is 0 Å². The van der Waals surface area contributed by atoms with Crippen LogP contribution >= 0.6 is 15.9 Å². The normalized spacial score (nSPS) is 10.2. The average Bonchev–Trinajstić information content (AvgIpc) is 2.64. The second-order valence-electron chi connectivity index (χ2n) is 2.90. The maximum absolute atomic E-state index is 11.8. The Labute approximate surface area is 94.2 Å². The molecule has 15 heavy (non-hydrogen) atoms. The van der Waals surface area contributed by atoms with Crippen molar-refractivity contribution in [3.05, 3.63) is 46.3 Å². The summed E-state index contributed by atoms with van der Waals surface area (Å²) in [6.45, 7) is 0. The summed E-state index contributed by atoms with van der Waals surface area (Å²) in [6, 6.07) is 7.02. The lowest BCUT2D eigenvalue weighted by Crippen LogP contribution is -1.99. The Balaban J connectivity index is 2.36. The number of oxazole rings is 1. The number of nitrogen functional groups attached to an aromatic ring is 1. The van der Waals surface area contributed by atoms with Gasteiger partial charge in [-0.15, -0.1) is 0 Å². The van der Waals surface area contributed by atoms with E-state index in [2.05, 4.69) is 20.9 Å². The summed E-state index contributed by atoms with van der Waals surface area (Å²) in [5.41, 5.74) is 5.81. The Bertz CT molecular complexity index is 508. The largest absolute Gasteiger partial charge is 0.420 e. The standard InChI is InChI=1S/C10H7BrN2O2/c11-7-3-1-2-6(4-7)9(14)8-5-13-10(12)15-8/h1-5H,(H2,12,13). The molecule has 1 aromatic carbocycles. The topological polar surface area (TPSA) is 69.1 Å². The Hall–Kier alpha value is -1.62. The number of nitrogens with two attached hydrogens (primary N) is 1. The van der Waals surface area contributed by atoms with Crippen molar-refractivity contribution in [1.82, 2.24) is 4.98 Å². The first-order chi connectivity index (χ1) is 7.16. The van der Waals surface area contributed by atoms with E-state index in [4.69, 9.17) is 10.2 Å². The van der Waals surface area contributed by atoms with E-state index in [0.717, 1.165) is 4.47 Å². The van der Waals surface area contributed by atoms with E-state index in [1.54, 1.807) is 18.2 Å². The zero-order valence-corrected chi connectivity index (χ0v) is 9.19. The van der Waals surface area contributed by atoms with Crippen LogP contribution in [0.3, 0.4) is 0 Å². The minimum Gasteiger partial charge on any atom is -0.420 e. The molecule has 0 saturated heterocycles. The van der Waals surface area contributed by atoms with Crippen molar-refractivity contribution in [3.63, 3.8) is 0 Å². The summed E-state index contributed by atoms with van der Waals surface area (Å²) in [4.78, 5) is 15.5. The van der Waals surface area contributed by atoms with E-state index in [-0.39, 0.29) is 17.6 Å². The first kappa shape index (κ1) is 9.92. The van der Waals surface area contributed by atoms with E-state index < -0.39 is 0 Å². The summed E-state index contributed by atoms with van der Waals surface area (Å²) < 4.78 is 5.78. The maximum atomic E-state index is 11.8. The third kappa shape index (κ3) is 2.07. The molecule has 0 aliphatic rings. The summed E-state index contributed by atoms with van der Waals surface area (Å²) >= 11 is 3.29. The van der Waals surface area contributed by atoms with Crippen LogP contribution in [0.15, 0.2) is 39.4 Å². The molecule has 1 aromatic heterocycles. The van der Waals surface area contributed by atoms with Crippen molar-refractivity contribution in [2.24, 2.45) is 0 Å². The van der Waals surface area contributed by atoms with Crippen LogP contribution in [0.25, 0.3) is 0 Å². The monoisotopic (exact) mass is 266 g/mol. The minimum absolute atomic E-state index is 0.00616. The molecule has 0 spiro atoms. The van der Waals surface area contributed by atoms with Gasteiger partial charge in [0.15, 0.2) is 5.76 Å². The highest BCUT2D eigenvalue weighted by Gasteiger charge is 2.13. The fourth-order valence-corrected chi connectivity index (χ4v) is 1.56. The molecule has 0 aliphatic carbocycles. The Morgan fingerprint density at radius 1 is 1.47 bits per heavy atom. The van der Waals surface area contributed by atoms with Crippen molar-refractivity contribution in [3.8, 4) is 0 Å². The van der Waals surface area contributed by atoms with Gasteiger partial charge < -0.3 is 10.2 Å². The molecule has 2 rings (SSSR count). The van der Waals surface area contributed by atoms with Crippen LogP contribution in [0, 0.1) is 0 Å². The molecule has 0 atom stereocenters. The van der Waals surface area contributed by atoms with Crippen molar-refractivity contribution >= 4 is 27.7 Å². The van der Waals surface area contributed by atoms with Crippen molar-refractivity contribution in [2.45, 2.75) is 0 Å². The van der Waals surface area contributed by atoms with Crippen LogP contribution in [-0.4, -0.2) is 10.8 Å².